The van der Waals surface area contributed by atoms with Gasteiger partial charge in [0.15, 0.2) is 0 Å². The molecule has 23 heavy (non-hydrogen) atoms. The van der Waals surface area contributed by atoms with Crippen molar-refractivity contribution in [3.8, 4) is 0 Å². The van der Waals surface area contributed by atoms with Crippen LogP contribution in [0.3, 0.4) is 0 Å². The molecule has 1 aliphatic heterocycles. The molecule has 0 saturated carbocycles. The number of halogens is 1. The van der Waals surface area contributed by atoms with Gasteiger partial charge in [0.1, 0.15) is 0 Å². The average Bonchev–Trinajstić information content (AvgIpc) is 2.52. The summed E-state index contributed by atoms with van der Waals surface area (Å²) >= 11 is 5.87. The first-order valence-corrected chi connectivity index (χ1v) is 8.45. The third-order valence-corrected chi connectivity index (χ3v) is 4.50. The lowest BCUT2D eigenvalue weighted by molar-refractivity contribution is 0.0511. The van der Waals surface area contributed by atoms with E-state index in [1.807, 2.05) is 17.0 Å². The van der Waals surface area contributed by atoms with Gasteiger partial charge in [-0.05, 0) is 44.5 Å². The van der Waals surface area contributed by atoms with Crippen LogP contribution in [-0.4, -0.2) is 61.3 Å². The molecule has 1 fully saturated rings. The summed E-state index contributed by atoms with van der Waals surface area (Å²) in [6, 6.07) is 7.80. The van der Waals surface area contributed by atoms with E-state index < -0.39 is 0 Å². The fourth-order valence-electron chi connectivity index (χ4n) is 3.09. The maximum absolute atomic E-state index is 12.5. The van der Waals surface area contributed by atoms with Gasteiger partial charge in [-0.15, -0.1) is 0 Å². The molecule has 0 spiro atoms. The Morgan fingerprint density at radius 2 is 1.87 bits per heavy atom. The number of carbonyl (C=O) groups is 1. The molecule has 2 rings (SSSR count). The van der Waals surface area contributed by atoms with Gasteiger partial charge < -0.3 is 15.0 Å². The average molecular weight is 340 g/mol. The summed E-state index contributed by atoms with van der Waals surface area (Å²) < 4.78 is 5.13. The number of ether oxygens (including phenoxy) is 1. The lowest BCUT2D eigenvalue weighted by Gasteiger charge is -2.44. The van der Waals surface area contributed by atoms with Crippen molar-refractivity contribution < 1.29 is 9.53 Å². The van der Waals surface area contributed by atoms with Gasteiger partial charge in [-0.2, -0.15) is 0 Å². The number of methoxy groups -OCH3 is 1. The number of carbonyl (C=O) groups excluding carboxylic acids is 1. The fraction of sp³-hybridized carbons (Fsp3) is 0.588. The Morgan fingerprint density at radius 1 is 1.26 bits per heavy atom. The quantitative estimate of drug-likeness (QED) is 0.837. The highest BCUT2D eigenvalue weighted by Crippen LogP contribution is 2.18. The molecule has 1 aromatic rings. The Kier molecular flexibility index (Phi) is 6.69. The second-order valence-corrected chi connectivity index (χ2v) is 6.56. The van der Waals surface area contributed by atoms with E-state index in [0.29, 0.717) is 17.1 Å². The fourth-order valence-corrected chi connectivity index (χ4v) is 3.22. The molecular formula is C17H26ClN3O2. The van der Waals surface area contributed by atoms with Crippen LogP contribution in [0.25, 0.3) is 0 Å². The van der Waals surface area contributed by atoms with E-state index in [1.165, 1.54) is 0 Å². The predicted octanol–water partition coefficient (Wildman–Crippen LogP) is 3.30. The third-order valence-electron chi connectivity index (χ3n) is 4.25. The monoisotopic (exact) mass is 339 g/mol. The topological polar surface area (TPSA) is 44.8 Å². The van der Waals surface area contributed by atoms with Crippen LogP contribution in [0.1, 0.15) is 20.3 Å². The van der Waals surface area contributed by atoms with Crippen molar-refractivity contribution >= 4 is 23.3 Å². The van der Waals surface area contributed by atoms with Crippen LogP contribution in [0, 0.1) is 0 Å². The Labute approximate surface area is 143 Å². The van der Waals surface area contributed by atoms with Crippen molar-refractivity contribution in [2.24, 2.45) is 0 Å². The van der Waals surface area contributed by atoms with E-state index in [-0.39, 0.29) is 6.03 Å². The molecule has 1 saturated heterocycles. The summed E-state index contributed by atoms with van der Waals surface area (Å²) in [7, 11) is 1.73. The first-order valence-electron chi connectivity index (χ1n) is 8.07. The molecular weight excluding hydrogens is 314 g/mol. The summed E-state index contributed by atoms with van der Waals surface area (Å²) in [5.41, 5.74) is 0.766. The van der Waals surface area contributed by atoms with Crippen molar-refractivity contribution in [2.75, 3.05) is 38.7 Å². The van der Waals surface area contributed by atoms with Gasteiger partial charge in [-0.1, -0.05) is 11.6 Å². The molecule has 0 bridgehead atoms. The van der Waals surface area contributed by atoms with Crippen molar-refractivity contribution in [3.63, 3.8) is 0 Å². The van der Waals surface area contributed by atoms with E-state index >= 15 is 0 Å². The predicted molar refractivity (Wildman–Crippen MR) is 94.2 cm³/mol. The Hall–Kier alpha value is -1.30. The van der Waals surface area contributed by atoms with Crippen molar-refractivity contribution in [2.45, 2.75) is 32.4 Å². The molecule has 2 unspecified atom stereocenters. The number of piperazine rings is 1. The number of anilines is 1. The summed E-state index contributed by atoms with van der Waals surface area (Å²) in [5, 5.41) is 3.60. The molecule has 128 valence electrons. The number of urea groups is 1. The largest absolute Gasteiger partial charge is 0.385 e. The van der Waals surface area contributed by atoms with Crippen molar-refractivity contribution in [3.05, 3.63) is 29.3 Å². The zero-order valence-corrected chi connectivity index (χ0v) is 14.8. The summed E-state index contributed by atoms with van der Waals surface area (Å²) in [5.74, 6) is 0. The van der Waals surface area contributed by atoms with Gasteiger partial charge in [0, 0.05) is 56.1 Å². The van der Waals surface area contributed by atoms with Crippen LogP contribution in [-0.2, 0) is 4.74 Å². The standard InChI is InChI=1S/C17H26ClN3O2/c1-13-11-20(12-14(2)21(13)9-4-10-23-3)17(22)19-16-7-5-15(18)6-8-16/h5-8,13-14H,4,9-12H2,1-3H3,(H,19,22). The highest BCUT2D eigenvalue weighted by atomic mass is 35.5. The number of hydrogen-bond acceptors (Lipinski definition) is 3. The normalized spacial score (nSPS) is 22.2. The molecule has 1 aliphatic rings. The Balaban J connectivity index is 1.89. The number of benzene rings is 1. The molecule has 1 aromatic carbocycles. The SMILES string of the molecule is COCCCN1C(C)CN(C(=O)Nc2ccc(Cl)cc2)CC1C. The molecule has 1 heterocycles. The number of rotatable bonds is 5. The van der Waals surface area contributed by atoms with Gasteiger partial charge in [-0.3, -0.25) is 4.90 Å². The highest BCUT2D eigenvalue weighted by Gasteiger charge is 2.31. The van der Waals surface area contributed by atoms with Gasteiger partial charge in [0.05, 0.1) is 0 Å². The van der Waals surface area contributed by atoms with Crippen LogP contribution in [0.4, 0.5) is 10.5 Å². The molecule has 6 heteroatoms. The molecule has 2 amide bonds. The molecule has 0 aromatic heterocycles. The molecule has 0 radical (unpaired) electrons. The van der Waals surface area contributed by atoms with Gasteiger partial charge in [0.25, 0.3) is 0 Å². The molecule has 0 aliphatic carbocycles. The smallest absolute Gasteiger partial charge is 0.321 e. The van der Waals surface area contributed by atoms with Crippen LogP contribution < -0.4 is 5.32 Å². The van der Waals surface area contributed by atoms with Crippen LogP contribution >= 0.6 is 11.6 Å². The maximum atomic E-state index is 12.5. The summed E-state index contributed by atoms with van der Waals surface area (Å²) in [6.45, 7) is 7.59. The van der Waals surface area contributed by atoms with Gasteiger partial charge >= 0.3 is 6.03 Å². The Bertz CT molecular complexity index is 497. The highest BCUT2D eigenvalue weighted by molar-refractivity contribution is 6.30. The minimum atomic E-state index is -0.0532. The number of nitrogens with one attached hydrogen (secondary N) is 1. The minimum Gasteiger partial charge on any atom is -0.385 e. The zero-order chi connectivity index (χ0) is 16.8. The maximum Gasteiger partial charge on any atom is 0.321 e. The van der Waals surface area contributed by atoms with E-state index in [9.17, 15) is 4.79 Å². The Morgan fingerprint density at radius 3 is 2.43 bits per heavy atom. The van der Waals surface area contributed by atoms with Crippen LogP contribution in [0.2, 0.25) is 5.02 Å². The van der Waals surface area contributed by atoms with Gasteiger partial charge in [0.2, 0.25) is 0 Å². The zero-order valence-electron chi connectivity index (χ0n) is 14.1. The summed E-state index contributed by atoms with van der Waals surface area (Å²) in [6.07, 6.45) is 1.02. The minimum absolute atomic E-state index is 0.0532. The molecule has 2 atom stereocenters. The third kappa shape index (κ3) is 5.09. The number of amides is 2. The second kappa shape index (κ2) is 8.52. The van der Waals surface area contributed by atoms with Gasteiger partial charge in [-0.25, -0.2) is 4.79 Å². The lowest BCUT2D eigenvalue weighted by Crippen LogP contribution is -2.58. The van der Waals surface area contributed by atoms with E-state index in [1.54, 1.807) is 19.2 Å². The van der Waals surface area contributed by atoms with E-state index in [0.717, 1.165) is 38.3 Å². The first kappa shape index (κ1) is 18.0. The number of nitrogens with zero attached hydrogens (tertiary/aromatic N) is 2. The number of hydrogen-bond donors (Lipinski definition) is 1. The van der Waals surface area contributed by atoms with Crippen LogP contribution in [0.5, 0.6) is 0 Å². The molecule has 5 nitrogen and oxygen atoms in total. The van der Waals surface area contributed by atoms with Crippen LogP contribution in [0.15, 0.2) is 24.3 Å². The lowest BCUT2D eigenvalue weighted by atomic mass is 10.1. The molecule has 1 N–H and O–H groups in total. The second-order valence-electron chi connectivity index (χ2n) is 6.12. The van der Waals surface area contributed by atoms with E-state index in [4.69, 9.17) is 16.3 Å². The van der Waals surface area contributed by atoms with Crippen molar-refractivity contribution in [1.29, 1.82) is 0 Å². The van der Waals surface area contributed by atoms with E-state index in [2.05, 4.69) is 24.1 Å². The summed E-state index contributed by atoms with van der Waals surface area (Å²) in [4.78, 5) is 16.8. The first-order chi connectivity index (χ1) is 11.0. The van der Waals surface area contributed by atoms with Crippen molar-refractivity contribution in [1.82, 2.24) is 9.80 Å².